The molecule has 2 rings (SSSR count). The highest BCUT2D eigenvalue weighted by atomic mass is 127. The molecule has 1 aromatic heterocycles. The van der Waals surface area contributed by atoms with Crippen molar-refractivity contribution in [1.82, 2.24) is 10.2 Å². The monoisotopic (exact) mass is 316 g/mol. The molecule has 0 spiro atoms. The zero-order valence-electron chi connectivity index (χ0n) is 8.30. The fourth-order valence-electron chi connectivity index (χ4n) is 1.52. The summed E-state index contributed by atoms with van der Waals surface area (Å²) in [5.41, 5.74) is 2.26. The lowest BCUT2D eigenvalue weighted by atomic mass is 10.1. The van der Waals surface area contributed by atoms with Gasteiger partial charge in [-0.3, -0.25) is 5.10 Å². The van der Waals surface area contributed by atoms with E-state index in [-0.39, 0.29) is 5.97 Å². The number of nitrogens with one attached hydrogen (secondary N) is 1. The Hall–Kier alpha value is -1.11. The largest absolute Gasteiger partial charge is 0.465 e. The fourth-order valence-corrected chi connectivity index (χ4v) is 2.32. The van der Waals surface area contributed by atoms with E-state index in [1.807, 2.05) is 13.0 Å². The van der Waals surface area contributed by atoms with Crippen LogP contribution in [0, 0.1) is 10.6 Å². The maximum Gasteiger partial charge on any atom is 0.340 e. The molecule has 0 aliphatic carbocycles. The third-order valence-electron chi connectivity index (χ3n) is 2.28. The highest BCUT2D eigenvalue weighted by Gasteiger charge is 2.15. The number of aromatic amines is 1. The van der Waals surface area contributed by atoms with Gasteiger partial charge in [0, 0.05) is 5.39 Å². The van der Waals surface area contributed by atoms with Crippen LogP contribution in [-0.2, 0) is 4.74 Å². The van der Waals surface area contributed by atoms with Crippen LogP contribution in [0.5, 0.6) is 0 Å². The average Bonchev–Trinajstić information content (AvgIpc) is 2.61. The van der Waals surface area contributed by atoms with E-state index in [1.165, 1.54) is 7.11 Å². The number of benzene rings is 1. The van der Waals surface area contributed by atoms with Crippen LogP contribution in [0.1, 0.15) is 15.9 Å². The summed E-state index contributed by atoms with van der Waals surface area (Å²) in [7, 11) is 1.37. The summed E-state index contributed by atoms with van der Waals surface area (Å²) in [6.45, 7) is 1.99. The Bertz CT molecular complexity index is 533. The van der Waals surface area contributed by atoms with E-state index < -0.39 is 0 Å². The summed E-state index contributed by atoms with van der Waals surface area (Å²) in [5, 5.41) is 7.97. The summed E-state index contributed by atoms with van der Waals surface area (Å²) in [6.07, 6.45) is 0. The van der Waals surface area contributed by atoms with Crippen LogP contribution in [0.15, 0.2) is 12.1 Å². The van der Waals surface area contributed by atoms with Crippen LogP contribution in [0.4, 0.5) is 0 Å². The summed E-state index contributed by atoms with van der Waals surface area (Å²) >= 11 is 2.16. The Morgan fingerprint density at radius 3 is 2.93 bits per heavy atom. The van der Waals surface area contributed by atoms with E-state index >= 15 is 0 Å². The zero-order valence-corrected chi connectivity index (χ0v) is 10.5. The summed E-state index contributed by atoms with van der Waals surface area (Å²) in [5.74, 6) is -0.358. The Balaban J connectivity index is 2.78. The van der Waals surface area contributed by atoms with Gasteiger partial charge < -0.3 is 4.74 Å². The van der Waals surface area contributed by atoms with Crippen molar-refractivity contribution in [3.8, 4) is 0 Å². The van der Waals surface area contributed by atoms with E-state index in [0.29, 0.717) is 11.1 Å². The van der Waals surface area contributed by atoms with Crippen molar-refractivity contribution in [1.29, 1.82) is 0 Å². The van der Waals surface area contributed by atoms with Crippen LogP contribution in [-0.4, -0.2) is 23.3 Å². The fraction of sp³-hybridized carbons (Fsp3) is 0.200. The second-order valence-corrected chi connectivity index (χ2v) is 4.26. The van der Waals surface area contributed by atoms with Gasteiger partial charge in [-0.15, -0.1) is 0 Å². The second kappa shape index (κ2) is 3.80. The maximum atomic E-state index is 11.5. The molecule has 0 saturated heterocycles. The molecular weight excluding hydrogens is 307 g/mol. The molecule has 5 heteroatoms. The number of rotatable bonds is 1. The van der Waals surface area contributed by atoms with E-state index in [2.05, 4.69) is 32.8 Å². The molecule has 0 amide bonds. The minimum absolute atomic E-state index is 0.358. The number of aryl methyl sites for hydroxylation is 1. The van der Waals surface area contributed by atoms with Gasteiger partial charge >= 0.3 is 5.97 Å². The van der Waals surface area contributed by atoms with Crippen molar-refractivity contribution in [2.75, 3.05) is 7.11 Å². The van der Waals surface area contributed by atoms with Gasteiger partial charge in [-0.2, -0.15) is 5.10 Å². The van der Waals surface area contributed by atoms with Gasteiger partial charge in [0.1, 0.15) is 9.22 Å². The number of aromatic nitrogens is 2. The zero-order chi connectivity index (χ0) is 11.0. The van der Waals surface area contributed by atoms with Crippen LogP contribution >= 0.6 is 22.6 Å². The lowest BCUT2D eigenvalue weighted by molar-refractivity contribution is 0.0603. The molecule has 0 atom stereocenters. The van der Waals surface area contributed by atoms with Crippen LogP contribution in [0.3, 0.4) is 0 Å². The number of H-pyrrole nitrogens is 1. The maximum absolute atomic E-state index is 11.5. The summed E-state index contributed by atoms with van der Waals surface area (Å²) in [6, 6.07) is 3.63. The van der Waals surface area contributed by atoms with Gasteiger partial charge in [0.15, 0.2) is 0 Å². The molecule has 0 radical (unpaired) electrons. The van der Waals surface area contributed by atoms with Crippen molar-refractivity contribution in [3.05, 3.63) is 27.0 Å². The number of hydrogen-bond donors (Lipinski definition) is 1. The molecule has 0 unspecified atom stereocenters. The number of halogens is 1. The van der Waals surface area contributed by atoms with Gasteiger partial charge in [-0.1, -0.05) is 6.07 Å². The van der Waals surface area contributed by atoms with E-state index in [1.54, 1.807) is 6.07 Å². The smallest absolute Gasteiger partial charge is 0.340 e. The normalized spacial score (nSPS) is 10.6. The molecule has 0 bridgehead atoms. The van der Waals surface area contributed by atoms with Gasteiger partial charge in [0.05, 0.1) is 12.7 Å². The number of ether oxygens (including phenoxy) is 1. The van der Waals surface area contributed by atoms with E-state index in [0.717, 1.165) is 14.7 Å². The molecule has 1 heterocycles. The van der Waals surface area contributed by atoms with Gasteiger partial charge in [-0.05, 0) is 41.1 Å². The molecule has 4 nitrogen and oxygen atoms in total. The molecule has 0 saturated carbocycles. The second-order valence-electron chi connectivity index (χ2n) is 3.18. The number of fused-ring (bicyclic) bond motifs is 1. The van der Waals surface area contributed by atoms with Crippen LogP contribution in [0.2, 0.25) is 0 Å². The topological polar surface area (TPSA) is 55.0 Å². The van der Waals surface area contributed by atoms with Crippen molar-refractivity contribution in [3.63, 3.8) is 0 Å². The Morgan fingerprint density at radius 1 is 1.53 bits per heavy atom. The van der Waals surface area contributed by atoms with Gasteiger partial charge in [0.2, 0.25) is 0 Å². The number of nitrogens with zero attached hydrogens (tertiary/aromatic N) is 1. The van der Waals surface area contributed by atoms with Crippen molar-refractivity contribution in [2.24, 2.45) is 0 Å². The SMILES string of the molecule is COC(=O)c1ccc(C)c2c(I)[nH]nc12. The first-order valence-electron chi connectivity index (χ1n) is 4.36. The first-order valence-corrected chi connectivity index (χ1v) is 5.44. The van der Waals surface area contributed by atoms with Gasteiger partial charge in [0.25, 0.3) is 0 Å². The molecule has 15 heavy (non-hydrogen) atoms. The third-order valence-corrected chi connectivity index (χ3v) is 3.06. The lowest BCUT2D eigenvalue weighted by Crippen LogP contribution is -2.02. The van der Waals surface area contributed by atoms with Crippen LogP contribution in [0.25, 0.3) is 10.9 Å². The number of carbonyl (C=O) groups excluding carboxylic acids is 1. The summed E-state index contributed by atoms with van der Waals surface area (Å²) < 4.78 is 5.63. The van der Waals surface area contributed by atoms with Crippen molar-refractivity contribution in [2.45, 2.75) is 6.92 Å². The highest BCUT2D eigenvalue weighted by molar-refractivity contribution is 14.1. The number of methoxy groups -OCH3 is 1. The van der Waals surface area contributed by atoms with Gasteiger partial charge in [-0.25, -0.2) is 4.79 Å². The quantitative estimate of drug-likeness (QED) is 0.648. The average molecular weight is 316 g/mol. The molecule has 0 aliphatic rings. The Labute approximate surface area is 100 Å². The predicted octanol–water partition coefficient (Wildman–Crippen LogP) is 2.26. The molecule has 0 fully saturated rings. The number of hydrogen-bond acceptors (Lipinski definition) is 3. The Morgan fingerprint density at radius 2 is 2.27 bits per heavy atom. The molecule has 1 aromatic carbocycles. The predicted molar refractivity (Wildman–Crippen MR) is 64.9 cm³/mol. The minimum Gasteiger partial charge on any atom is -0.465 e. The molecule has 78 valence electrons. The molecular formula is C10H9IN2O2. The first-order chi connectivity index (χ1) is 7.15. The standard InChI is InChI=1S/C10H9IN2O2/c1-5-3-4-6(10(14)15-2)8-7(5)9(11)13-12-8/h3-4H,1-2H3,(H,12,13). The molecule has 1 N–H and O–H groups in total. The number of esters is 1. The van der Waals surface area contributed by atoms with Crippen molar-refractivity contribution < 1.29 is 9.53 Å². The van der Waals surface area contributed by atoms with E-state index in [9.17, 15) is 4.79 Å². The lowest BCUT2D eigenvalue weighted by Gasteiger charge is -2.01. The third kappa shape index (κ3) is 1.60. The number of carbonyl (C=O) groups is 1. The minimum atomic E-state index is -0.358. The first kappa shape index (κ1) is 10.4. The highest BCUT2D eigenvalue weighted by Crippen LogP contribution is 2.25. The molecule has 0 aliphatic heterocycles. The summed E-state index contributed by atoms with van der Waals surface area (Å²) in [4.78, 5) is 11.5. The molecule has 2 aromatic rings. The van der Waals surface area contributed by atoms with Crippen LogP contribution < -0.4 is 0 Å². The van der Waals surface area contributed by atoms with Crippen molar-refractivity contribution >= 4 is 39.5 Å². The Kier molecular flexibility index (Phi) is 2.64. The van der Waals surface area contributed by atoms with E-state index in [4.69, 9.17) is 4.74 Å².